The molecule has 0 fully saturated rings. The molecule has 114 valence electrons. The molecule has 0 heterocycles. The van der Waals surface area contributed by atoms with Gasteiger partial charge in [-0.1, -0.05) is 0 Å². The number of aryl methyl sites for hydroxylation is 1. The van der Waals surface area contributed by atoms with Gasteiger partial charge < -0.3 is 16.2 Å². The van der Waals surface area contributed by atoms with Gasteiger partial charge in [0, 0.05) is 11.8 Å². The van der Waals surface area contributed by atoms with Gasteiger partial charge in [-0.15, -0.1) is 0 Å². The van der Waals surface area contributed by atoms with E-state index in [1.807, 2.05) is 0 Å². The molecule has 2 aromatic rings. The molecular formula is C14H14Br2F2N2O. The summed E-state index contributed by atoms with van der Waals surface area (Å²) in [5.41, 5.74) is 12.3. The van der Waals surface area contributed by atoms with E-state index >= 15 is 0 Å². The van der Waals surface area contributed by atoms with Crippen LogP contribution in [0.25, 0.3) is 0 Å². The molecule has 0 saturated heterocycles. The zero-order valence-electron chi connectivity index (χ0n) is 11.4. The number of nitrogens with two attached hydrogens (primary N) is 2. The SMILES string of the molecule is COc1cc(F)c(N)cc1Br.Cc1cc(F)c(Br)cc1N. The number of anilines is 2. The Bertz CT molecular complexity index is 601. The van der Waals surface area contributed by atoms with E-state index in [-0.39, 0.29) is 11.5 Å². The minimum Gasteiger partial charge on any atom is -0.495 e. The fraction of sp³-hybridized carbons (Fsp3) is 0.143. The summed E-state index contributed by atoms with van der Waals surface area (Å²) in [6.45, 7) is 1.77. The third kappa shape index (κ3) is 4.86. The van der Waals surface area contributed by atoms with Crippen LogP contribution in [0, 0.1) is 18.6 Å². The van der Waals surface area contributed by atoms with Crippen LogP contribution < -0.4 is 16.2 Å². The lowest BCUT2D eigenvalue weighted by Crippen LogP contribution is -1.92. The molecule has 0 radical (unpaired) electrons. The first-order chi connectivity index (χ1) is 9.76. The fourth-order valence-electron chi connectivity index (χ4n) is 1.36. The molecule has 3 nitrogen and oxygen atoms in total. The second-order valence-electron chi connectivity index (χ2n) is 4.13. The second kappa shape index (κ2) is 7.61. The van der Waals surface area contributed by atoms with E-state index < -0.39 is 5.82 Å². The highest BCUT2D eigenvalue weighted by Gasteiger charge is 2.04. The third-order valence-corrected chi connectivity index (χ3v) is 3.81. The van der Waals surface area contributed by atoms with Gasteiger partial charge >= 0.3 is 0 Å². The average molecular weight is 424 g/mol. The summed E-state index contributed by atoms with van der Waals surface area (Å²) < 4.78 is 31.3. The summed E-state index contributed by atoms with van der Waals surface area (Å²) in [5.74, 6) is -0.298. The molecule has 0 spiro atoms. The first-order valence-corrected chi connectivity index (χ1v) is 7.34. The standard InChI is InChI=1S/C7H7BrFNO.C7H7BrFN/c1-11-7-3-5(9)6(10)2-4(7)8;1-4-2-6(9)5(8)3-7(4)10/h2-3H,10H2,1H3;2-3H,10H2,1H3. The smallest absolute Gasteiger partial charge is 0.149 e. The van der Waals surface area contributed by atoms with Crippen molar-refractivity contribution in [2.24, 2.45) is 0 Å². The number of nitrogen functional groups attached to an aromatic ring is 2. The Kier molecular flexibility index (Phi) is 6.42. The monoisotopic (exact) mass is 422 g/mol. The van der Waals surface area contributed by atoms with Crippen LogP contribution >= 0.6 is 31.9 Å². The lowest BCUT2D eigenvalue weighted by Gasteiger charge is -2.03. The third-order valence-electron chi connectivity index (χ3n) is 2.58. The van der Waals surface area contributed by atoms with Crippen LogP contribution in [0.15, 0.2) is 33.2 Å². The maximum absolute atomic E-state index is 12.7. The topological polar surface area (TPSA) is 61.3 Å². The lowest BCUT2D eigenvalue weighted by atomic mass is 10.2. The van der Waals surface area contributed by atoms with Gasteiger partial charge in [-0.2, -0.15) is 0 Å². The van der Waals surface area contributed by atoms with Crippen LogP contribution in [0.4, 0.5) is 20.2 Å². The molecule has 0 aliphatic rings. The summed E-state index contributed by atoms with van der Waals surface area (Å²) in [6, 6.07) is 5.66. The number of hydrogen-bond donors (Lipinski definition) is 2. The Labute approximate surface area is 138 Å². The van der Waals surface area contributed by atoms with Crippen molar-refractivity contribution in [3.63, 3.8) is 0 Å². The van der Waals surface area contributed by atoms with Crippen LogP contribution in [-0.4, -0.2) is 7.11 Å². The van der Waals surface area contributed by atoms with Crippen LogP contribution in [0.5, 0.6) is 5.75 Å². The Morgan fingerprint density at radius 2 is 1.48 bits per heavy atom. The molecule has 4 N–H and O–H groups in total. The normalized spacial score (nSPS) is 9.81. The first-order valence-electron chi connectivity index (χ1n) is 5.76. The quantitative estimate of drug-likeness (QED) is 0.655. The van der Waals surface area contributed by atoms with Crippen LogP contribution in [0.3, 0.4) is 0 Å². The molecule has 0 aliphatic carbocycles. The van der Waals surface area contributed by atoms with Crippen molar-refractivity contribution in [1.82, 2.24) is 0 Å². The van der Waals surface area contributed by atoms with E-state index in [2.05, 4.69) is 31.9 Å². The fourth-order valence-corrected chi connectivity index (χ4v) is 2.25. The largest absolute Gasteiger partial charge is 0.495 e. The van der Waals surface area contributed by atoms with Gasteiger partial charge in [0.25, 0.3) is 0 Å². The van der Waals surface area contributed by atoms with Crippen molar-refractivity contribution < 1.29 is 13.5 Å². The van der Waals surface area contributed by atoms with E-state index in [1.54, 1.807) is 13.0 Å². The maximum Gasteiger partial charge on any atom is 0.149 e. The minimum atomic E-state index is -0.468. The highest BCUT2D eigenvalue weighted by Crippen LogP contribution is 2.28. The summed E-state index contributed by atoms with van der Waals surface area (Å²) in [7, 11) is 1.47. The van der Waals surface area contributed by atoms with E-state index in [9.17, 15) is 8.78 Å². The molecule has 2 rings (SSSR count). The highest BCUT2D eigenvalue weighted by atomic mass is 79.9. The van der Waals surface area contributed by atoms with E-state index in [1.165, 1.54) is 25.3 Å². The number of benzene rings is 2. The van der Waals surface area contributed by atoms with Crippen molar-refractivity contribution >= 4 is 43.2 Å². The van der Waals surface area contributed by atoms with E-state index in [4.69, 9.17) is 16.2 Å². The van der Waals surface area contributed by atoms with Gasteiger partial charge in [0.1, 0.15) is 17.4 Å². The molecule has 0 amide bonds. The second-order valence-corrected chi connectivity index (χ2v) is 5.84. The van der Waals surface area contributed by atoms with Crippen molar-refractivity contribution in [2.45, 2.75) is 6.92 Å². The molecule has 0 unspecified atom stereocenters. The zero-order valence-corrected chi connectivity index (χ0v) is 14.6. The number of ether oxygens (including phenoxy) is 1. The highest BCUT2D eigenvalue weighted by molar-refractivity contribution is 9.10. The van der Waals surface area contributed by atoms with Gasteiger partial charge in [0.2, 0.25) is 0 Å². The Morgan fingerprint density at radius 1 is 0.905 bits per heavy atom. The van der Waals surface area contributed by atoms with Gasteiger partial charge in [0.05, 0.1) is 21.7 Å². The average Bonchev–Trinajstić information content (AvgIpc) is 2.41. The van der Waals surface area contributed by atoms with E-state index in [0.717, 1.165) is 5.56 Å². The molecule has 0 atom stereocenters. The van der Waals surface area contributed by atoms with Crippen LogP contribution in [0.1, 0.15) is 5.56 Å². The number of rotatable bonds is 1. The van der Waals surface area contributed by atoms with Gasteiger partial charge in [0.15, 0.2) is 0 Å². The predicted octanol–water partition coefficient (Wildman–Crippen LogP) is 4.66. The van der Waals surface area contributed by atoms with Gasteiger partial charge in [-0.05, 0) is 62.5 Å². The molecule has 0 aromatic heterocycles. The lowest BCUT2D eigenvalue weighted by molar-refractivity contribution is 0.409. The first kappa shape index (κ1) is 17.7. The summed E-state index contributed by atoms with van der Waals surface area (Å²) >= 11 is 6.19. The number of halogens is 4. The van der Waals surface area contributed by atoms with Crippen molar-refractivity contribution in [2.75, 3.05) is 18.6 Å². The maximum atomic E-state index is 12.7. The zero-order chi connectivity index (χ0) is 16.2. The molecule has 0 saturated carbocycles. The molecular weight excluding hydrogens is 410 g/mol. The van der Waals surface area contributed by atoms with Gasteiger partial charge in [-0.25, -0.2) is 8.78 Å². The van der Waals surface area contributed by atoms with Crippen molar-refractivity contribution in [3.05, 3.63) is 50.4 Å². The Hall–Kier alpha value is -1.34. The van der Waals surface area contributed by atoms with Crippen LogP contribution in [0.2, 0.25) is 0 Å². The van der Waals surface area contributed by atoms with Gasteiger partial charge in [-0.3, -0.25) is 0 Å². The number of hydrogen-bond acceptors (Lipinski definition) is 3. The summed E-state index contributed by atoms with van der Waals surface area (Å²) in [4.78, 5) is 0. The van der Waals surface area contributed by atoms with E-state index in [0.29, 0.717) is 20.4 Å². The minimum absolute atomic E-state index is 0.109. The molecule has 0 bridgehead atoms. The van der Waals surface area contributed by atoms with Crippen LogP contribution in [-0.2, 0) is 0 Å². The summed E-state index contributed by atoms with van der Waals surface area (Å²) in [6.07, 6.45) is 0. The molecule has 7 heteroatoms. The Morgan fingerprint density at radius 3 is 2.00 bits per heavy atom. The van der Waals surface area contributed by atoms with Crippen molar-refractivity contribution in [3.8, 4) is 5.75 Å². The Balaban J connectivity index is 0.000000211. The van der Waals surface area contributed by atoms with Crippen molar-refractivity contribution in [1.29, 1.82) is 0 Å². The predicted molar refractivity (Wildman–Crippen MR) is 88.3 cm³/mol. The summed E-state index contributed by atoms with van der Waals surface area (Å²) in [5, 5.41) is 0. The molecule has 0 aliphatic heterocycles. The number of methoxy groups -OCH3 is 1. The molecule has 21 heavy (non-hydrogen) atoms. The molecule has 2 aromatic carbocycles.